The Morgan fingerprint density at radius 3 is 2.75 bits per heavy atom. The van der Waals surface area contributed by atoms with Crippen molar-refractivity contribution < 1.29 is 9.94 Å². The first-order chi connectivity index (χ1) is 9.17. The van der Waals surface area contributed by atoms with Crippen molar-refractivity contribution >= 4 is 18.1 Å². The van der Waals surface area contributed by atoms with Crippen molar-refractivity contribution in [2.24, 2.45) is 5.16 Å². The molecule has 1 rings (SSSR count). The third kappa shape index (κ3) is 6.59. The second-order valence-corrected chi connectivity index (χ2v) is 4.59. The Labute approximate surface area is 126 Å². The summed E-state index contributed by atoms with van der Waals surface area (Å²) in [6.07, 6.45) is 2.59. The molecular formula is C15H23ClN2O2. The molecule has 0 aliphatic rings. The summed E-state index contributed by atoms with van der Waals surface area (Å²) < 4.78 is 5.70. The summed E-state index contributed by atoms with van der Waals surface area (Å²) in [6, 6.07) is 8.13. The summed E-state index contributed by atoms with van der Waals surface area (Å²) in [7, 11) is 0. The van der Waals surface area contributed by atoms with Crippen molar-refractivity contribution in [2.45, 2.75) is 26.3 Å². The molecule has 0 atom stereocenters. The molecule has 0 saturated heterocycles. The van der Waals surface area contributed by atoms with Gasteiger partial charge < -0.3 is 15.3 Å². The Morgan fingerprint density at radius 1 is 1.45 bits per heavy atom. The lowest BCUT2D eigenvalue weighted by Crippen LogP contribution is -2.32. The summed E-state index contributed by atoms with van der Waals surface area (Å²) >= 11 is 0. The molecule has 4 nitrogen and oxygen atoms in total. The Balaban J connectivity index is 0.00000361. The van der Waals surface area contributed by atoms with E-state index in [4.69, 9.17) is 9.94 Å². The van der Waals surface area contributed by atoms with E-state index in [1.807, 2.05) is 44.2 Å². The molecule has 0 heterocycles. The lowest BCUT2D eigenvalue weighted by Gasteiger charge is -2.12. The SMILES string of the molecule is C=CCc1ccccc1OCC(CNC(C)C)=NO.Cl. The van der Waals surface area contributed by atoms with E-state index >= 15 is 0 Å². The average molecular weight is 299 g/mol. The largest absolute Gasteiger partial charge is 0.487 e. The van der Waals surface area contributed by atoms with Crippen LogP contribution in [-0.2, 0) is 6.42 Å². The number of para-hydroxylation sites is 1. The molecule has 0 aliphatic heterocycles. The third-order valence-electron chi connectivity index (χ3n) is 2.59. The fraction of sp³-hybridized carbons (Fsp3) is 0.400. The van der Waals surface area contributed by atoms with Crippen LogP contribution in [0.3, 0.4) is 0 Å². The van der Waals surface area contributed by atoms with Gasteiger partial charge >= 0.3 is 0 Å². The summed E-state index contributed by atoms with van der Waals surface area (Å²) in [4.78, 5) is 0. The molecule has 0 aromatic heterocycles. The molecule has 1 aromatic carbocycles. The second-order valence-electron chi connectivity index (χ2n) is 4.59. The van der Waals surface area contributed by atoms with Crippen LogP contribution in [0.1, 0.15) is 19.4 Å². The van der Waals surface area contributed by atoms with E-state index in [-0.39, 0.29) is 19.0 Å². The van der Waals surface area contributed by atoms with Crippen molar-refractivity contribution in [2.75, 3.05) is 13.2 Å². The van der Waals surface area contributed by atoms with E-state index < -0.39 is 0 Å². The standard InChI is InChI=1S/C15H22N2O2.ClH/c1-4-7-13-8-5-6-9-15(13)19-11-14(17-18)10-16-12(2)3;/h4-6,8-9,12,16,18H,1,7,10-11H2,2-3H3;1H. The summed E-state index contributed by atoms with van der Waals surface area (Å²) in [6.45, 7) is 8.58. The van der Waals surface area contributed by atoms with Gasteiger partial charge in [-0.1, -0.05) is 43.3 Å². The van der Waals surface area contributed by atoms with Crippen molar-refractivity contribution in [1.29, 1.82) is 0 Å². The normalized spacial score (nSPS) is 11.1. The average Bonchev–Trinajstić information content (AvgIpc) is 2.40. The van der Waals surface area contributed by atoms with E-state index in [0.717, 1.165) is 17.7 Å². The molecule has 0 aliphatic carbocycles. The number of rotatable bonds is 8. The zero-order valence-electron chi connectivity index (χ0n) is 12.0. The van der Waals surface area contributed by atoms with E-state index in [1.54, 1.807) is 0 Å². The smallest absolute Gasteiger partial charge is 0.131 e. The van der Waals surface area contributed by atoms with E-state index in [9.17, 15) is 0 Å². The third-order valence-corrected chi connectivity index (χ3v) is 2.59. The molecule has 0 radical (unpaired) electrons. The van der Waals surface area contributed by atoms with Crippen molar-refractivity contribution in [3.05, 3.63) is 42.5 Å². The number of nitrogens with zero attached hydrogens (tertiary/aromatic N) is 1. The van der Waals surface area contributed by atoms with Gasteiger partial charge in [0.1, 0.15) is 18.1 Å². The minimum atomic E-state index is 0. The lowest BCUT2D eigenvalue weighted by atomic mass is 10.1. The van der Waals surface area contributed by atoms with Crippen LogP contribution in [0.4, 0.5) is 0 Å². The predicted molar refractivity (Wildman–Crippen MR) is 85.4 cm³/mol. The number of oxime groups is 1. The minimum Gasteiger partial charge on any atom is -0.487 e. The molecule has 0 fully saturated rings. The van der Waals surface area contributed by atoms with E-state index in [2.05, 4.69) is 17.1 Å². The van der Waals surface area contributed by atoms with Crippen LogP contribution < -0.4 is 10.1 Å². The molecule has 2 N–H and O–H groups in total. The number of benzene rings is 1. The summed E-state index contributed by atoms with van der Waals surface area (Å²) in [5, 5.41) is 15.4. The zero-order chi connectivity index (χ0) is 14.1. The van der Waals surface area contributed by atoms with E-state index in [0.29, 0.717) is 18.3 Å². The lowest BCUT2D eigenvalue weighted by molar-refractivity contribution is 0.304. The van der Waals surface area contributed by atoms with E-state index in [1.165, 1.54) is 0 Å². The molecule has 1 aromatic rings. The van der Waals surface area contributed by atoms with Crippen LogP contribution in [0, 0.1) is 0 Å². The summed E-state index contributed by atoms with van der Waals surface area (Å²) in [5.74, 6) is 0.799. The Hall–Kier alpha value is -1.52. The monoisotopic (exact) mass is 298 g/mol. The highest BCUT2D eigenvalue weighted by Gasteiger charge is 2.06. The Bertz CT molecular complexity index is 434. The number of hydrogen-bond donors (Lipinski definition) is 2. The topological polar surface area (TPSA) is 53.8 Å². The quantitative estimate of drug-likeness (QED) is 0.336. The van der Waals surface area contributed by atoms with Gasteiger partial charge in [-0.3, -0.25) is 0 Å². The van der Waals surface area contributed by atoms with Crippen LogP contribution in [0.15, 0.2) is 42.1 Å². The second kappa shape index (κ2) is 10.3. The van der Waals surface area contributed by atoms with Crippen LogP contribution >= 0.6 is 12.4 Å². The van der Waals surface area contributed by atoms with Gasteiger partial charge in [-0.2, -0.15) is 0 Å². The highest BCUT2D eigenvalue weighted by atomic mass is 35.5. The van der Waals surface area contributed by atoms with Gasteiger partial charge in [0.15, 0.2) is 0 Å². The van der Waals surface area contributed by atoms with Crippen molar-refractivity contribution in [3.63, 3.8) is 0 Å². The molecular weight excluding hydrogens is 276 g/mol. The molecule has 112 valence electrons. The summed E-state index contributed by atoms with van der Waals surface area (Å²) in [5.41, 5.74) is 1.65. The van der Waals surface area contributed by atoms with Crippen LogP contribution in [0.5, 0.6) is 5.75 Å². The first kappa shape index (κ1) is 18.5. The fourth-order valence-corrected chi connectivity index (χ4v) is 1.57. The Kier molecular flexibility index (Phi) is 9.51. The zero-order valence-corrected chi connectivity index (χ0v) is 12.8. The first-order valence-corrected chi connectivity index (χ1v) is 6.42. The number of ether oxygens (including phenoxy) is 1. The van der Waals surface area contributed by atoms with Gasteiger partial charge in [0, 0.05) is 12.6 Å². The van der Waals surface area contributed by atoms with Crippen molar-refractivity contribution in [3.8, 4) is 5.75 Å². The Morgan fingerprint density at radius 2 is 2.15 bits per heavy atom. The van der Waals surface area contributed by atoms with Gasteiger partial charge in [-0.25, -0.2) is 0 Å². The van der Waals surface area contributed by atoms with Crippen LogP contribution in [0.2, 0.25) is 0 Å². The molecule has 5 heteroatoms. The number of nitrogens with one attached hydrogen (secondary N) is 1. The maximum absolute atomic E-state index is 8.94. The number of allylic oxidation sites excluding steroid dienone is 1. The van der Waals surface area contributed by atoms with Gasteiger partial charge in [0.05, 0.1) is 0 Å². The molecule has 20 heavy (non-hydrogen) atoms. The first-order valence-electron chi connectivity index (χ1n) is 6.42. The van der Waals surface area contributed by atoms with Gasteiger partial charge in [-0.05, 0) is 18.1 Å². The number of hydrogen-bond acceptors (Lipinski definition) is 4. The highest BCUT2D eigenvalue weighted by Crippen LogP contribution is 2.18. The molecule has 0 spiro atoms. The molecule has 0 saturated carbocycles. The number of halogens is 1. The van der Waals surface area contributed by atoms with Crippen molar-refractivity contribution in [1.82, 2.24) is 5.32 Å². The predicted octanol–water partition coefficient (Wildman–Crippen LogP) is 3.04. The molecule has 0 bridgehead atoms. The van der Waals surface area contributed by atoms with Gasteiger partial charge in [0.2, 0.25) is 0 Å². The van der Waals surface area contributed by atoms with Gasteiger partial charge in [-0.15, -0.1) is 19.0 Å². The molecule has 0 unspecified atom stereocenters. The van der Waals surface area contributed by atoms with Crippen LogP contribution in [0.25, 0.3) is 0 Å². The highest BCUT2D eigenvalue weighted by molar-refractivity contribution is 5.87. The fourth-order valence-electron chi connectivity index (χ4n) is 1.57. The van der Waals surface area contributed by atoms with Crippen LogP contribution in [-0.4, -0.2) is 30.1 Å². The minimum absolute atomic E-state index is 0. The molecule has 0 amide bonds. The maximum atomic E-state index is 8.94. The maximum Gasteiger partial charge on any atom is 0.131 e. The van der Waals surface area contributed by atoms with Gasteiger partial charge in [0.25, 0.3) is 0 Å².